The third kappa shape index (κ3) is 2.70. The van der Waals surface area contributed by atoms with Gasteiger partial charge < -0.3 is 10.5 Å². The molecular formula is C12H19N3O. The Labute approximate surface area is 96.2 Å². The first-order chi connectivity index (χ1) is 7.65. The van der Waals surface area contributed by atoms with E-state index in [2.05, 4.69) is 23.8 Å². The average molecular weight is 221 g/mol. The van der Waals surface area contributed by atoms with Gasteiger partial charge >= 0.3 is 0 Å². The van der Waals surface area contributed by atoms with Gasteiger partial charge in [-0.05, 0) is 25.2 Å². The Morgan fingerprint density at radius 1 is 1.50 bits per heavy atom. The monoisotopic (exact) mass is 221 g/mol. The van der Waals surface area contributed by atoms with E-state index in [0.29, 0.717) is 11.7 Å². The van der Waals surface area contributed by atoms with Crippen LogP contribution in [0, 0.1) is 5.92 Å². The predicted molar refractivity (Wildman–Crippen MR) is 62.9 cm³/mol. The molecule has 4 heteroatoms. The molecule has 0 amide bonds. The van der Waals surface area contributed by atoms with Crippen LogP contribution in [0.1, 0.15) is 44.3 Å². The van der Waals surface area contributed by atoms with Crippen molar-refractivity contribution < 1.29 is 4.74 Å². The van der Waals surface area contributed by atoms with Gasteiger partial charge in [-0.3, -0.25) is 0 Å². The van der Waals surface area contributed by atoms with E-state index in [4.69, 9.17) is 10.5 Å². The summed E-state index contributed by atoms with van der Waals surface area (Å²) in [6.07, 6.45) is 3.08. The van der Waals surface area contributed by atoms with E-state index >= 15 is 0 Å². The van der Waals surface area contributed by atoms with Crippen molar-refractivity contribution in [1.82, 2.24) is 9.97 Å². The molecule has 0 saturated carbocycles. The number of hydrogen-bond acceptors (Lipinski definition) is 4. The molecule has 0 spiro atoms. The molecule has 1 atom stereocenters. The Kier molecular flexibility index (Phi) is 3.39. The van der Waals surface area contributed by atoms with E-state index in [-0.39, 0.29) is 6.10 Å². The SMILES string of the molecule is CC(C)Cc1cc(N)nc(C2CCCO2)n1. The molecule has 2 heterocycles. The van der Waals surface area contributed by atoms with Crippen LogP contribution >= 0.6 is 0 Å². The first kappa shape index (κ1) is 11.3. The molecule has 0 aromatic carbocycles. The number of ether oxygens (including phenoxy) is 1. The minimum Gasteiger partial charge on any atom is -0.384 e. The van der Waals surface area contributed by atoms with Crippen LogP contribution in [0.2, 0.25) is 0 Å². The molecule has 1 unspecified atom stereocenters. The van der Waals surface area contributed by atoms with Crippen LogP contribution in [0.25, 0.3) is 0 Å². The third-order valence-corrected chi connectivity index (χ3v) is 2.65. The van der Waals surface area contributed by atoms with Crippen LogP contribution in [0.3, 0.4) is 0 Å². The van der Waals surface area contributed by atoms with E-state index < -0.39 is 0 Å². The number of hydrogen-bond donors (Lipinski definition) is 1. The fourth-order valence-corrected chi connectivity index (χ4v) is 1.99. The molecule has 1 aliphatic heterocycles. The molecule has 2 N–H and O–H groups in total. The summed E-state index contributed by atoms with van der Waals surface area (Å²) >= 11 is 0. The zero-order chi connectivity index (χ0) is 11.5. The maximum Gasteiger partial charge on any atom is 0.159 e. The van der Waals surface area contributed by atoms with Gasteiger partial charge in [0.15, 0.2) is 5.82 Å². The molecule has 4 nitrogen and oxygen atoms in total. The fourth-order valence-electron chi connectivity index (χ4n) is 1.99. The third-order valence-electron chi connectivity index (χ3n) is 2.65. The largest absolute Gasteiger partial charge is 0.384 e. The number of anilines is 1. The summed E-state index contributed by atoms with van der Waals surface area (Å²) in [6, 6.07) is 1.86. The summed E-state index contributed by atoms with van der Waals surface area (Å²) in [4.78, 5) is 8.80. The van der Waals surface area contributed by atoms with Crippen molar-refractivity contribution in [2.24, 2.45) is 5.92 Å². The van der Waals surface area contributed by atoms with Crippen molar-refractivity contribution in [2.75, 3.05) is 12.3 Å². The van der Waals surface area contributed by atoms with Gasteiger partial charge in [0.05, 0.1) is 0 Å². The van der Waals surface area contributed by atoms with Crippen LogP contribution in [0.5, 0.6) is 0 Å². The van der Waals surface area contributed by atoms with Gasteiger partial charge in [-0.25, -0.2) is 9.97 Å². The minimum absolute atomic E-state index is 0.0504. The number of aromatic nitrogens is 2. The molecular weight excluding hydrogens is 202 g/mol. The van der Waals surface area contributed by atoms with Gasteiger partial charge in [0.25, 0.3) is 0 Å². The lowest BCUT2D eigenvalue weighted by Crippen LogP contribution is -2.09. The normalized spacial score (nSPS) is 20.6. The maximum atomic E-state index is 5.80. The van der Waals surface area contributed by atoms with Crippen LogP contribution in [0.4, 0.5) is 5.82 Å². The van der Waals surface area contributed by atoms with Gasteiger partial charge in [-0.2, -0.15) is 0 Å². The van der Waals surface area contributed by atoms with E-state index in [0.717, 1.165) is 37.4 Å². The second-order valence-electron chi connectivity index (χ2n) is 4.74. The van der Waals surface area contributed by atoms with Gasteiger partial charge in [-0.1, -0.05) is 13.8 Å². The second-order valence-corrected chi connectivity index (χ2v) is 4.74. The first-order valence-electron chi connectivity index (χ1n) is 5.90. The Hall–Kier alpha value is -1.16. The van der Waals surface area contributed by atoms with Crippen LogP contribution in [-0.2, 0) is 11.2 Å². The maximum absolute atomic E-state index is 5.80. The number of rotatable bonds is 3. The number of nitrogens with two attached hydrogens (primary N) is 1. The van der Waals surface area contributed by atoms with Crippen molar-refractivity contribution in [1.29, 1.82) is 0 Å². The lowest BCUT2D eigenvalue weighted by atomic mass is 10.1. The Morgan fingerprint density at radius 2 is 2.31 bits per heavy atom. The highest BCUT2D eigenvalue weighted by Gasteiger charge is 2.21. The topological polar surface area (TPSA) is 61.0 Å². The summed E-state index contributed by atoms with van der Waals surface area (Å²) in [6.45, 7) is 5.15. The van der Waals surface area contributed by atoms with Crippen molar-refractivity contribution in [3.05, 3.63) is 17.6 Å². The predicted octanol–water partition coefficient (Wildman–Crippen LogP) is 2.11. The Balaban J connectivity index is 2.20. The smallest absolute Gasteiger partial charge is 0.159 e. The summed E-state index contributed by atoms with van der Waals surface area (Å²) in [5, 5.41) is 0. The molecule has 2 rings (SSSR count). The van der Waals surface area contributed by atoms with Crippen molar-refractivity contribution in [3.63, 3.8) is 0 Å². The first-order valence-corrected chi connectivity index (χ1v) is 5.90. The molecule has 0 bridgehead atoms. The Bertz CT molecular complexity index is 359. The van der Waals surface area contributed by atoms with Crippen molar-refractivity contribution >= 4 is 5.82 Å². The van der Waals surface area contributed by atoms with E-state index in [9.17, 15) is 0 Å². The lowest BCUT2D eigenvalue weighted by molar-refractivity contribution is 0.105. The standard InChI is InChI=1S/C12H19N3O/c1-8(2)6-9-7-11(13)15-12(14-9)10-4-3-5-16-10/h7-8,10H,3-6H2,1-2H3,(H2,13,14,15). The molecule has 1 aliphatic rings. The van der Waals surface area contributed by atoms with Crippen molar-refractivity contribution in [2.45, 2.75) is 39.2 Å². The summed E-state index contributed by atoms with van der Waals surface area (Å²) < 4.78 is 5.57. The van der Waals surface area contributed by atoms with E-state index in [1.165, 1.54) is 0 Å². The van der Waals surface area contributed by atoms with Crippen LogP contribution in [0.15, 0.2) is 6.07 Å². The highest BCUT2D eigenvalue weighted by molar-refractivity contribution is 5.30. The number of nitrogen functional groups attached to an aromatic ring is 1. The molecule has 0 aliphatic carbocycles. The highest BCUT2D eigenvalue weighted by atomic mass is 16.5. The van der Waals surface area contributed by atoms with Gasteiger partial charge in [0.2, 0.25) is 0 Å². The summed E-state index contributed by atoms with van der Waals surface area (Å²) in [5.74, 6) is 1.89. The van der Waals surface area contributed by atoms with Gasteiger partial charge in [0.1, 0.15) is 11.9 Å². The molecule has 1 fully saturated rings. The van der Waals surface area contributed by atoms with Crippen LogP contribution in [-0.4, -0.2) is 16.6 Å². The van der Waals surface area contributed by atoms with Gasteiger partial charge in [-0.15, -0.1) is 0 Å². The zero-order valence-electron chi connectivity index (χ0n) is 9.94. The van der Waals surface area contributed by atoms with Crippen LogP contribution < -0.4 is 5.73 Å². The molecule has 1 aromatic heterocycles. The quantitative estimate of drug-likeness (QED) is 0.849. The fraction of sp³-hybridized carbons (Fsp3) is 0.667. The molecule has 1 aromatic rings. The van der Waals surface area contributed by atoms with Gasteiger partial charge in [0, 0.05) is 18.4 Å². The molecule has 88 valence electrons. The summed E-state index contributed by atoms with van der Waals surface area (Å²) in [7, 11) is 0. The van der Waals surface area contributed by atoms with E-state index in [1.807, 2.05) is 6.07 Å². The average Bonchev–Trinajstić information content (AvgIpc) is 2.67. The minimum atomic E-state index is 0.0504. The van der Waals surface area contributed by atoms with Crippen molar-refractivity contribution in [3.8, 4) is 0 Å². The number of nitrogens with zero attached hydrogens (tertiary/aromatic N) is 2. The Morgan fingerprint density at radius 3 is 2.94 bits per heavy atom. The summed E-state index contributed by atoms with van der Waals surface area (Å²) in [5.41, 5.74) is 6.82. The lowest BCUT2D eigenvalue weighted by Gasteiger charge is -2.11. The highest BCUT2D eigenvalue weighted by Crippen LogP contribution is 2.26. The molecule has 1 saturated heterocycles. The zero-order valence-corrected chi connectivity index (χ0v) is 9.94. The van der Waals surface area contributed by atoms with E-state index in [1.54, 1.807) is 0 Å². The second kappa shape index (κ2) is 4.78. The molecule has 0 radical (unpaired) electrons. The molecule has 16 heavy (non-hydrogen) atoms.